The van der Waals surface area contributed by atoms with E-state index in [9.17, 15) is 24.8 Å². The standard InChI is InChI=1S/C32H30N2O6/c1-6-39-26-15-12-22(17-25(26)32(3,4)5)29(36)27-28(21-8-7-9-24(16-21)40-19(2)35)34(31(38)30(27)37)23-13-10-20(18-33)11-14-23/h7-17,28,36H,6H2,1-5H3/b29-27+. The van der Waals surface area contributed by atoms with Crippen LogP contribution in [0.2, 0.25) is 0 Å². The molecule has 1 atom stereocenters. The maximum atomic E-state index is 13.6. The lowest BCUT2D eigenvalue weighted by Crippen LogP contribution is -2.29. The molecule has 204 valence electrons. The summed E-state index contributed by atoms with van der Waals surface area (Å²) in [6, 6.07) is 18.9. The number of esters is 1. The maximum Gasteiger partial charge on any atom is 0.308 e. The van der Waals surface area contributed by atoms with Gasteiger partial charge in [0.15, 0.2) is 0 Å². The fourth-order valence-electron chi connectivity index (χ4n) is 4.73. The number of aliphatic hydroxyl groups is 1. The zero-order valence-electron chi connectivity index (χ0n) is 23.0. The van der Waals surface area contributed by atoms with E-state index in [0.717, 1.165) is 5.56 Å². The molecule has 0 saturated carbocycles. The van der Waals surface area contributed by atoms with E-state index in [1.807, 2.05) is 33.8 Å². The summed E-state index contributed by atoms with van der Waals surface area (Å²) >= 11 is 0. The number of nitrogens with zero attached hydrogens (tertiary/aromatic N) is 2. The molecule has 8 nitrogen and oxygen atoms in total. The molecular weight excluding hydrogens is 508 g/mol. The normalized spacial score (nSPS) is 16.5. The Hall–Kier alpha value is -4.90. The SMILES string of the molecule is CCOc1ccc(/C(O)=C2\C(=O)C(=O)N(c3ccc(C#N)cc3)C2c2cccc(OC(C)=O)c2)cc1C(C)(C)C. The van der Waals surface area contributed by atoms with Crippen LogP contribution < -0.4 is 14.4 Å². The highest BCUT2D eigenvalue weighted by molar-refractivity contribution is 6.51. The summed E-state index contributed by atoms with van der Waals surface area (Å²) in [6.07, 6.45) is 0. The Morgan fingerprint density at radius 1 is 1.05 bits per heavy atom. The van der Waals surface area contributed by atoms with Crippen LogP contribution in [0.15, 0.2) is 72.3 Å². The molecule has 1 saturated heterocycles. The van der Waals surface area contributed by atoms with E-state index < -0.39 is 23.7 Å². The molecule has 0 bridgehead atoms. The van der Waals surface area contributed by atoms with Gasteiger partial charge in [0.1, 0.15) is 17.3 Å². The first-order valence-corrected chi connectivity index (χ1v) is 12.8. The molecule has 0 radical (unpaired) electrons. The number of carbonyl (C=O) groups excluding carboxylic acids is 3. The zero-order chi connectivity index (χ0) is 29.2. The molecule has 8 heteroatoms. The van der Waals surface area contributed by atoms with Crippen LogP contribution in [-0.4, -0.2) is 29.4 Å². The fraction of sp³-hybridized carbons (Fsp3) is 0.250. The number of nitriles is 1. The molecule has 1 amide bonds. The van der Waals surface area contributed by atoms with E-state index in [4.69, 9.17) is 9.47 Å². The van der Waals surface area contributed by atoms with Gasteiger partial charge < -0.3 is 14.6 Å². The number of anilines is 1. The van der Waals surface area contributed by atoms with E-state index in [1.165, 1.54) is 11.8 Å². The first-order chi connectivity index (χ1) is 19.0. The van der Waals surface area contributed by atoms with Gasteiger partial charge in [0.05, 0.1) is 29.9 Å². The smallest absolute Gasteiger partial charge is 0.308 e. The van der Waals surface area contributed by atoms with Gasteiger partial charge in [0.25, 0.3) is 11.7 Å². The molecular formula is C32H30N2O6. The van der Waals surface area contributed by atoms with Crippen LogP contribution in [-0.2, 0) is 19.8 Å². The van der Waals surface area contributed by atoms with Crippen LogP contribution in [0.3, 0.4) is 0 Å². The molecule has 0 aromatic heterocycles. The number of carbonyl (C=O) groups is 3. The predicted octanol–water partition coefficient (Wildman–Crippen LogP) is 5.81. The minimum absolute atomic E-state index is 0.113. The first-order valence-electron chi connectivity index (χ1n) is 12.8. The van der Waals surface area contributed by atoms with Crippen LogP contribution in [0.25, 0.3) is 5.76 Å². The van der Waals surface area contributed by atoms with E-state index in [2.05, 4.69) is 0 Å². The Morgan fingerprint density at radius 2 is 1.75 bits per heavy atom. The van der Waals surface area contributed by atoms with Crippen LogP contribution >= 0.6 is 0 Å². The van der Waals surface area contributed by atoms with Gasteiger partial charge in [-0.3, -0.25) is 19.3 Å². The van der Waals surface area contributed by atoms with Gasteiger partial charge in [0.2, 0.25) is 0 Å². The van der Waals surface area contributed by atoms with Crippen molar-refractivity contribution in [3.63, 3.8) is 0 Å². The summed E-state index contributed by atoms with van der Waals surface area (Å²) < 4.78 is 11.1. The van der Waals surface area contributed by atoms with Crippen molar-refractivity contribution < 1.29 is 29.0 Å². The molecule has 1 aliphatic rings. The third-order valence-corrected chi connectivity index (χ3v) is 6.52. The Labute approximate surface area is 233 Å². The lowest BCUT2D eigenvalue weighted by Gasteiger charge is -2.26. The van der Waals surface area contributed by atoms with Crippen molar-refractivity contribution in [2.24, 2.45) is 0 Å². The van der Waals surface area contributed by atoms with E-state index >= 15 is 0 Å². The molecule has 1 N–H and O–H groups in total. The van der Waals surface area contributed by atoms with Gasteiger partial charge in [-0.2, -0.15) is 5.26 Å². The van der Waals surface area contributed by atoms with E-state index in [-0.39, 0.29) is 22.5 Å². The molecule has 1 fully saturated rings. The number of amides is 1. The number of aliphatic hydroxyl groups excluding tert-OH is 1. The van der Waals surface area contributed by atoms with Crippen molar-refractivity contribution in [3.8, 4) is 17.6 Å². The topological polar surface area (TPSA) is 117 Å². The monoisotopic (exact) mass is 538 g/mol. The number of Topliss-reactive ketones (excluding diaryl/α,β-unsaturated/α-hetero) is 1. The quantitative estimate of drug-likeness (QED) is 0.138. The van der Waals surface area contributed by atoms with Gasteiger partial charge in [0, 0.05) is 23.7 Å². The number of hydrogen-bond acceptors (Lipinski definition) is 7. The van der Waals surface area contributed by atoms with Crippen LogP contribution in [0.1, 0.15) is 62.9 Å². The van der Waals surface area contributed by atoms with Gasteiger partial charge in [-0.1, -0.05) is 32.9 Å². The summed E-state index contributed by atoms with van der Waals surface area (Å²) in [5.74, 6) is -1.68. The molecule has 0 aliphatic carbocycles. The van der Waals surface area contributed by atoms with Crippen LogP contribution in [0, 0.1) is 11.3 Å². The van der Waals surface area contributed by atoms with Crippen LogP contribution in [0.4, 0.5) is 5.69 Å². The van der Waals surface area contributed by atoms with Crippen LogP contribution in [0.5, 0.6) is 11.5 Å². The summed E-state index contributed by atoms with van der Waals surface area (Å²) in [7, 11) is 0. The number of rotatable bonds is 6. The second-order valence-electron chi connectivity index (χ2n) is 10.4. The third kappa shape index (κ3) is 5.45. The fourth-order valence-corrected chi connectivity index (χ4v) is 4.73. The molecule has 3 aromatic carbocycles. The minimum atomic E-state index is -1.03. The van der Waals surface area contributed by atoms with Crippen molar-refractivity contribution >= 4 is 29.1 Å². The third-order valence-electron chi connectivity index (χ3n) is 6.52. The number of hydrogen-bond donors (Lipinski definition) is 1. The van der Waals surface area contributed by atoms with Gasteiger partial charge in [-0.05, 0) is 72.5 Å². The zero-order valence-corrected chi connectivity index (χ0v) is 23.0. The molecule has 40 heavy (non-hydrogen) atoms. The first kappa shape index (κ1) is 28.1. The highest BCUT2D eigenvalue weighted by Gasteiger charge is 2.47. The van der Waals surface area contributed by atoms with Crippen molar-refractivity contribution in [3.05, 3.63) is 94.6 Å². The highest BCUT2D eigenvalue weighted by atomic mass is 16.5. The Kier molecular flexibility index (Phi) is 7.78. The lowest BCUT2D eigenvalue weighted by atomic mass is 9.84. The summed E-state index contributed by atoms with van der Waals surface area (Å²) in [5, 5.41) is 20.8. The van der Waals surface area contributed by atoms with Crippen molar-refractivity contribution in [1.29, 1.82) is 5.26 Å². The number of ether oxygens (including phenoxy) is 2. The second-order valence-corrected chi connectivity index (χ2v) is 10.4. The molecule has 4 rings (SSSR count). The largest absolute Gasteiger partial charge is 0.507 e. The van der Waals surface area contributed by atoms with E-state index in [0.29, 0.717) is 34.7 Å². The maximum absolute atomic E-state index is 13.6. The highest BCUT2D eigenvalue weighted by Crippen LogP contribution is 2.44. The summed E-state index contributed by atoms with van der Waals surface area (Å²) in [4.78, 5) is 39.9. The van der Waals surface area contributed by atoms with Crippen molar-refractivity contribution in [2.45, 2.75) is 46.1 Å². The molecule has 0 spiro atoms. The summed E-state index contributed by atoms with van der Waals surface area (Å²) in [5.41, 5.74) is 1.93. The van der Waals surface area contributed by atoms with Crippen molar-refractivity contribution in [2.75, 3.05) is 11.5 Å². The van der Waals surface area contributed by atoms with E-state index in [1.54, 1.807) is 66.7 Å². The molecule has 1 aliphatic heterocycles. The van der Waals surface area contributed by atoms with Gasteiger partial charge in [-0.15, -0.1) is 0 Å². The van der Waals surface area contributed by atoms with Gasteiger partial charge in [-0.25, -0.2) is 0 Å². The Bertz CT molecular complexity index is 1560. The average molecular weight is 539 g/mol. The lowest BCUT2D eigenvalue weighted by molar-refractivity contribution is -0.132. The average Bonchev–Trinajstić information content (AvgIpc) is 3.18. The molecule has 3 aromatic rings. The number of benzene rings is 3. The Balaban J connectivity index is 1.95. The van der Waals surface area contributed by atoms with Gasteiger partial charge >= 0.3 is 5.97 Å². The predicted molar refractivity (Wildman–Crippen MR) is 150 cm³/mol. The second kappa shape index (κ2) is 11.1. The van der Waals surface area contributed by atoms with Crippen molar-refractivity contribution in [1.82, 2.24) is 0 Å². The minimum Gasteiger partial charge on any atom is -0.507 e. The number of ketones is 1. The molecule has 1 unspecified atom stereocenters. The summed E-state index contributed by atoms with van der Waals surface area (Å²) in [6.45, 7) is 9.66. The molecule has 1 heterocycles. The Morgan fingerprint density at radius 3 is 2.35 bits per heavy atom.